The number of halogens is 3. The fourth-order valence-electron chi connectivity index (χ4n) is 2.12. The van der Waals surface area contributed by atoms with Gasteiger partial charge in [0.1, 0.15) is 12.4 Å². The summed E-state index contributed by atoms with van der Waals surface area (Å²) in [5.74, 6) is 1.39. The van der Waals surface area contributed by atoms with E-state index in [2.05, 4.69) is 19.2 Å². The second-order valence-corrected chi connectivity index (χ2v) is 7.08. The Kier molecular flexibility index (Phi) is 7.04. The molecule has 0 heterocycles. The average molecular weight is 373 g/mol. The topological polar surface area (TPSA) is 21.3 Å². The number of ether oxygens (including phenoxy) is 1. The second kappa shape index (κ2) is 8.79. The van der Waals surface area contributed by atoms with Gasteiger partial charge >= 0.3 is 0 Å². The molecule has 0 aliphatic carbocycles. The van der Waals surface area contributed by atoms with Gasteiger partial charge in [-0.1, -0.05) is 54.7 Å². The van der Waals surface area contributed by atoms with E-state index in [4.69, 9.17) is 39.5 Å². The molecule has 2 rings (SSSR count). The highest BCUT2D eigenvalue weighted by molar-refractivity contribution is 6.35. The SMILES string of the molecule is CC(C)CNCc1cc(Cl)ccc1OCc1ccc(Cl)cc1Cl. The molecule has 0 saturated heterocycles. The van der Waals surface area contributed by atoms with E-state index in [1.807, 2.05) is 24.3 Å². The van der Waals surface area contributed by atoms with E-state index in [0.717, 1.165) is 23.4 Å². The zero-order valence-electron chi connectivity index (χ0n) is 13.2. The number of rotatable bonds is 7. The molecule has 23 heavy (non-hydrogen) atoms. The number of benzene rings is 2. The third-order valence-electron chi connectivity index (χ3n) is 3.29. The van der Waals surface area contributed by atoms with Crippen LogP contribution in [-0.2, 0) is 13.2 Å². The summed E-state index contributed by atoms with van der Waals surface area (Å²) in [6.07, 6.45) is 0. The molecule has 5 heteroatoms. The van der Waals surface area contributed by atoms with Crippen molar-refractivity contribution in [1.82, 2.24) is 5.32 Å². The molecule has 0 atom stereocenters. The lowest BCUT2D eigenvalue weighted by Gasteiger charge is -2.14. The van der Waals surface area contributed by atoms with Crippen molar-refractivity contribution < 1.29 is 4.74 Å². The van der Waals surface area contributed by atoms with Crippen LogP contribution >= 0.6 is 34.8 Å². The lowest BCUT2D eigenvalue weighted by Crippen LogP contribution is -2.19. The van der Waals surface area contributed by atoms with Crippen LogP contribution < -0.4 is 10.1 Å². The first kappa shape index (κ1) is 18.4. The van der Waals surface area contributed by atoms with Gasteiger partial charge < -0.3 is 10.1 Å². The van der Waals surface area contributed by atoms with E-state index in [1.54, 1.807) is 12.1 Å². The molecule has 2 aromatic carbocycles. The zero-order chi connectivity index (χ0) is 16.8. The van der Waals surface area contributed by atoms with Crippen molar-refractivity contribution in [2.45, 2.75) is 27.0 Å². The molecule has 0 aliphatic heterocycles. The van der Waals surface area contributed by atoms with Gasteiger partial charge in [0.15, 0.2) is 0 Å². The fraction of sp³-hybridized carbons (Fsp3) is 0.333. The van der Waals surface area contributed by atoms with E-state index < -0.39 is 0 Å². The van der Waals surface area contributed by atoms with Crippen LogP contribution in [-0.4, -0.2) is 6.54 Å². The van der Waals surface area contributed by atoms with Gasteiger partial charge in [0.2, 0.25) is 0 Å². The minimum Gasteiger partial charge on any atom is -0.489 e. The first-order valence-electron chi connectivity index (χ1n) is 7.51. The largest absolute Gasteiger partial charge is 0.489 e. The van der Waals surface area contributed by atoms with Crippen LogP contribution in [0.1, 0.15) is 25.0 Å². The summed E-state index contributed by atoms with van der Waals surface area (Å²) in [5.41, 5.74) is 1.93. The predicted molar refractivity (Wildman–Crippen MR) is 98.8 cm³/mol. The fourth-order valence-corrected chi connectivity index (χ4v) is 2.77. The van der Waals surface area contributed by atoms with Crippen molar-refractivity contribution in [3.63, 3.8) is 0 Å². The molecule has 0 aromatic heterocycles. The van der Waals surface area contributed by atoms with E-state index in [0.29, 0.717) is 34.1 Å². The molecule has 0 radical (unpaired) electrons. The predicted octanol–water partition coefficient (Wildman–Crippen LogP) is 5.97. The normalized spacial score (nSPS) is 11.0. The van der Waals surface area contributed by atoms with Crippen LogP contribution in [0.4, 0.5) is 0 Å². The maximum atomic E-state index is 6.18. The summed E-state index contributed by atoms with van der Waals surface area (Å²) in [6, 6.07) is 11.0. The highest BCUT2D eigenvalue weighted by Crippen LogP contribution is 2.26. The maximum absolute atomic E-state index is 6.18. The first-order chi connectivity index (χ1) is 11.0. The van der Waals surface area contributed by atoms with E-state index in [9.17, 15) is 0 Å². The van der Waals surface area contributed by atoms with Crippen LogP contribution in [0.15, 0.2) is 36.4 Å². The van der Waals surface area contributed by atoms with Crippen molar-refractivity contribution in [2.24, 2.45) is 5.92 Å². The van der Waals surface area contributed by atoms with Crippen molar-refractivity contribution in [2.75, 3.05) is 6.54 Å². The van der Waals surface area contributed by atoms with Gasteiger partial charge in [-0.15, -0.1) is 0 Å². The van der Waals surface area contributed by atoms with Crippen LogP contribution in [0, 0.1) is 5.92 Å². The van der Waals surface area contributed by atoms with Gasteiger partial charge in [0, 0.05) is 32.7 Å². The van der Waals surface area contributed by atoms with Gasteiger partial charge in [-0.25, -0.2) is 0 Å². The van der Waals surface area contributed by atoms with Crippen LogP contribution in [0.5, 0.6) is 5.75 Å². The van der Waals surface area contributed by atoms with Crippen molar-refractivity contribution >= 4 is 34.8 Å². The van der Waals surface area contributed by atoms with Gasteiger partial charge in [0.05, 0.1) is 0 Å². The molecule has 0 unspecified atom stereocenters. The van der Waals surface area contributed by atoms with Gasteiger partial charge in [0.25, 0.3) is 0 Å². The third kappa shape index (κ3) is 5.89. The molecule has 1 N–H and O–H groups in total. The van der Waals surface area contributed by atoms with Gasteiger partial charge in [-0.2, -0.15) is 0 Å². The van der Waals surface area contributed by atoms with Crippen LogP contribution in [0.2, 0.25) is 15.1 Å². The lowest BCUT2D eigenvalue weighted by molar-refractivity contribution is 0.302. The zero-order valence-corrected chi connectivity index (χ0v) is 15.5. The Bertz CT molecular complexity index is 659. The molecule has 2 nitrogen and oxygen atoms in total. The molecule has 0 spiro atoms. The Morgan fingerprint density at radius 1 is 0.957 bits per heavy atom. The van der Waals surface area contributed by atoms with Crippen molar-refractivity contribution in [1.29, 1.82) is 0 Å². The third-order valence-corrected chi connectivity index (χ3v) is 4.11. The molecular weight excluding hydrogens is 353 g/mol. The standard InChI is InChI=1S/C18H20Cl3NO/c1-12(2)9-22-10-14-7-15(19)5-6-18(14)23-11-13-3-4-16(20)8-17(13)21/h3-8,12,22H,9-11H2,1-2H3. The Morgan fingerprint density at radius 3 is 2.35 bits per heavy atom. The van der Waals surface area contributed by atoms with E-state index in [1.165, 1.54) is 0 Å². The lowest BCUT2D eigenvalue weighted by atomic mass is 10.1. The molecule has 0 amide bonds. The minimum atomic E-state index is 0.384. The molecule has 2 aromatic rings. The monoisotopic (exact) mass is 371 g/mol. The Balaban J connectivity index is 2.06. The van der Waals surface area contributed by atoms with E-state index in [-0.39, 0.29) is 0 Å². The van der Waals surface area contributed by atoms with Gasteiger partial charge in [-0.05, 0) is 42.8 Å². The molecule has 0 aliphatic rings. The molecular formula is C18H20Cl3NO. The Morgan fingerprint density at radius 2 is 1.65 bits per heavy atom. The number of hydrogen-bond acceptors (Lipinski definition) is 2. The van der Waals surface area contributed by atoms with Crippen molar-refractivity contribution in [3.05, 3.63) is 62.6 Å². The quantitative estimate of drug-likeness (QED) is 0.646. The van der Waals surface area contributed by atoms with Gasteiger partial charge in [-0.3, -0.25) is 0 Å². The molecule has 124 valence electrons. The number of nitrogens with one attached hydrogen (secondary N) is 1. The van der Waals surface area contributed by atoms with Crippen molar-refractivity contribution in [3.8, 4) is 5.75 Å². The summed E-state index contributed by atoms with van der Waals surface area (Å²) in [4.78, 5) is 0. The minimum absolute atomic E-state index is 0.384. The first-order valence-corrected chi connectivity index (χ1v) is 8.65. The summed E-state index contributed by atoms with van der Waals surface area (Å²) in [5, 5.41) is 5.32. The molecule has 0 fully saturated rings. The van der Waals surface area contributed by atoms with Crippen LogP contribution in [0.25, 0.3) is 0 Å². The summed E-state index contributed by atoms with van der Waals surface area (Å²) in [7, 11) is 0. The smallest absolute Gasteiger partial charge is 0.124 e. The summed E-state index contributed by atoms with van der Waals surface area (Å²) < 4.78 is 5.93. The Hall–Kier alpha value is -0.930. The number of hydrogen-bond donors (Lipinski definition) is 1. The highest BCUT2D eigenvalue weighted by atomic mass is 35.5. The summed E-state index contributed by atoms with van der Waals surface area (Å²) in [6.45, 7) is 6.38. The van der Waals surface area contributed by atoms with Crippen LogP contribution in [0.3, 0.4) is 0 Å². The maximum Gasteiger partial charge on any atom is 0.124 e. The Labute approximate surface area is 152 Å². The highest BCUT2D eigenvalue weighted by Gasteiger charge is 2.08. The summed E-state index contributed by atoms with van der Waals surface area (Å²) >= 11 is 18.2. The van der Waals surface area contributed by atoms with E-state index >= 15 is 0 Å². The molecule has 0 bridgehead atoms. The average Bonchev–Trinajstić information content (AvgIpc) is 2.47. The molecule has 0 saturated carbocycles. The second-order valence-electron chi connectivity index (χ2n) is 5.80.